The summed E-state index contributed by atoms with van der Waals surface area (Å²) in [4.78, 5) is 19.5. The highest BCUT2D eigenvalue weighted by Gasteiger charge is 2.15. The number of aromatic nitrogens is 2. The Labute approximate surface area is 142 Å². The van der Waals surface area contributed by atoms with Crippen molar-refractivity contribution < 1.29 is 9.63 Å². The van der Waals surface area contributed by atoms with Crippen LogP contribution in [0.15, 0.2) is 36.4 Å². The summed E-state index contributed by atoms with van der Waals surface area (Å²) in [5.74, 6) is 0.111. The van der Waals surface area contributed by atoms with Crippen LogP contribution in [0.3, 0.4) is 0 Å². The first kappa shape index (κ1) is 16.7. The molecule has 3 rings (SSSR count). The van der Waals surface area contributed by atoms with E-state index >= 15 is 0 Å². The summed E-state index contributed by atoms with van der Waals surface area (Å²) in [5, 5.41) is 9.25. The number of hydrogen-bond acceptors (Lipinski definition) is 4. The number of aromatic amines is 1. The first-order valence-electron chi connectivity index (χ1n) is 8.44. The van der Waals surface area contributed by atoms with Gasteiger partial charge in [0.2, 0.25) is 5.91 Å². The third-order valence-electron chi connectivity index (χ3n) is 4.18. The third kappa shape index (κ3) is 4.43. The molecule has 1 aliphatic rings. The summed E-state index contributed by atoms with van der Waals surface area (Å²) in [6, 6.07) is 12.0. The lowest BCUT2D eigenvalue weighted by molar-refractivity contribution is -0.182. The normalized spacial score (nSPS) is 15.4. The fraction of sp³-hybridized carbons (Fsp3) is 0.444. The maximum absolute atomic E-state index is 12.3. The predicted octanol–water partition coefficient (Wildman–Crippen LogP) is 2.45. The van der Waals surface area contributed by atoms with Crippen LogP contribution in [0.2, 0.25) is 0 Å². The molecule has 2 heterocycles. The molecule has 1 fully saturated rings. The van der Waals surface area contributed by atoms with Crippen molar-refractivity contribution in [2.24, 2.45) is 0 Å². The molecular weight excluding hydrogens is 304 g/mol. The quantitative estimate of drug-likeness (QED) is 0.885. The summed E-state index contributed by atoms with van der Waals surface area (Å²) >= 11 is 0. The zero-order chi connectivity index (χ0) is 16.8. The van der Waals surface area contributed by atoms with Crippen LogP contribution in [0, 0.1) is 0 Å². The molecule has 2 aromatic rings. The number of nitrogens with zero attached hydrogens (tertiary/aromatic N) is 3. The summed E-state index contributed by atoms with van der Waals surface area (Å²) in [6.45, 7) is 2.86. The van der Waals surface area contributed by atoms with Crippen molar-refractivity contribution in [3.05, 3.63) is 42.1 Å². The molecule has 1 saturated heterocycles. The van der Waals surface area contributed by atoms with E-state index < -0.39 is 0 Å². The molecule has 0 spiro atoms. The molecule has 24 heavy (non-hydrogen) atoms. The van der Waals surface area contributed by atoms with Crippen molar-refractivity contribution in [1.82, 2.24) is 20.2 Å². The molecule has 6 heteroatoms. The number of benzene rings is 1. The molecule has 1 aromatic carbocycles. The van der Waals surface area contributed by atoms with Gasteiger partial charge in [-0.25, -0.2) is 0 Å². The van der Waals surface area contributed by atoms with Gasteiger partial charge in [0, 0.05) is 32.1 Å². The minimum atomic E-state index is 0.111. The lowest BCUT2D eigenvalue weighted by Crippen LogP contribution is -2.35. The van der Waals surface area contributed by atoms with Crippen LogP contribution in [0.25, 0.3) is 11.3 Å². The van der Waals surface area contributed by atoms with Gasteiger partial charge in [0.1, 0.15) is 0 Å². The Kier molecular flexibility index (Phi) is 5.61. The van der Waals surface area contributed by atoms with Gasteiger partial charge in [-0.1, -0.05) is 30.3 Å². The number of nitrogens with one attached hydrogen (secondary N) is 1. The van der Waals surface area contributed by atoms with Gasteiger partial charge in [-0.3, -0.25) is 14.7 Å². The van der Waals surface area contributed by atoms with E-state index in [4.69, 9.17) is 4.84 Å². The van der Waals surface area contributed by atoms with Crippen molar-refractivity contribution in [1.29, 1.82) is 0 Å². The van der Waals surface area contributed by atoms with Crippen molar-refractivity contribution in [2.45, 2.75) is 25.8 Å². The van der Waals surface area contributed by atoms with Crippen LogP contribution in [0.1, 0.15) is 25.0 Å². The van der Waals surface area contributed by atoms with Crippen LogP contribution in [0.4, 0.5) is 0 Å². The van der Waals surface area contributed by atoms with Crippen LogP contribution < -0.4 is 0 Å². The second-order valence-electron chi connectivity index (χ2n) is 6.11. The molecule has 128 valence electrons. The van der Waals surface area contributed by atoms with Crippen molar-refractivity contribution in [3.63, 3.8) is 0 Å². The zero-order valence-corrected chi connectivity index (χ0v) is 14.1. The number of carbonyl (C=O) groups excluding carboxylic acids is 1. The summed E-state index contributed by atoms with van der Waals surface area (Å²) in [6.07, 6.45) is 2.71. The van der Waals surface area contributed by atoms with Crippen molar-refractivity contribution in [2.75, 3.05) is 26.7 Å². The van der Waals surface area contributed by atoms with Crippen molar-refractivity contribution >= 4 is 5.91 Å². The van der Waals surface area contributed by atoms with E-state index in [1.54, 1.807) is 4.90 Å². The van der Waals surface area contributed by atoms with E-state index in [2.05, 4.69) is 10.2 Å². The Morgan fingerprint density at radius 3 is 2.92 bits per heavy atom. The lowest BCUT2D eigenvalue weighted by Gasteiger charge is -2.26. The van der Waals surface area contributed by atoms with Gasteiger partial charge in [-0.15, -0.1) is 0 Å². The molecule has 1 amide bonds. The lowest BCUT2D eigenvalue weighted by atomic mass is 10.1. The second kappa shape index (κ2) is 8.08. The SMILES string of the molecule is CN(Cc1cc(-c2ccccc2)n[nH]1)C(=O)CCN1CCCCO1. The van der Waals surface area contributed by atoms with Crippen molar-refractivity contribution in [3.8, 4) is 11.3 Å². The Hall–Kier alpha value is -2.18. The fourth-order valence-corrected chi connectivity index (χ4v) is 2.78. The summed E-state index contributed by atoms with van der Waals surface area (Å²) in [7, 11) is 1.82. The third-order valence-corrected chi connectivity index (χ3v) is 4.18. The Morgan fingerprint density at radius 1 is 1.33 bits per heavy atom. The second-order valence-corrected chi connectivity index (χ2v) is 6.11. The van der Waals surface area contributed by atoms with E-state index in [-0.39, 0.29) is 5.91 Å². The number of carbonyl (C=O) groups is 1. The van der Waals surface area contributed by atoms with Gasteiger partial charge >= 0.3 is 0 Å². The van der Waals surface area contributed by atoms with E-state index in [9.17, 15) is 4.79 Å². The molecule has 0 saturated carbocycles. The van der Waals surface area contributed by atoms with E-state index in [0.29, 0.717) is 19.5 Å². The van der Waals surface area contributed by atoms with Gasteiger partial charge in [0.15, 0.2) is 0 Å². The molecule has 0 unspecified atom stereocenters. The predicted molar refractivity (Wildman–Crippen MR) is 91.9 cm³/mol. The Morgan fingerprint density at radius 2 is 2.17 bits per heavy atom. The molecule has 1 aromatic heterocycles. The smallest absolute Gasteiger partial charge is 0.224 e. The molecular formula is C18H24N4O2. The largest absolute Gasteiger partial charge is 0.340 e. The number of amides is 1. The molecule has 0 bridgehead atoms. The number of hydrogen-bond donors (Lipinski definition) is 1. The van der Waals surface area contributed by atoms with Gasteiger partial charge in [0.05, 0.1) is 24.5 Å². The van der Waals surface area contributed by atoms with Gasteiger partial charge in [-0.2, -0.15) is 10.2 Å². The van der Waals surface area contributed by atoms with Gasteiger partial charge < -0.3 is 4.90 Å². The maximum Gasteiger partial charge on any atom is 0.224 e. The van der Waals surface area contributed by atoms with Gasteiger partial charge in [0.25, 0.3) is 0 Å². The topological polar surface area (TPSA) is 61.5 Å². The highest BCUT2D eigenvalue weighted by atomic mass is 16.7. The Bertz CT molecular complexity index is 650. The fourth-order valence-electron chi connectivity index (χ4n) is 2.78. The average Bonchev–Trinajstić information content (AvgIpc) is 3.10. The van der Waals surface area contributed by atoms with Crippen LogP contribution >= 0.6 is 0 Å². The Balaban J connectivity index is 1.50. The van der Waals surface area contributed by atoms with Gasteiger partial charge in [-0.05, 0) is 18.9 Å². The van der Waals surface area contributed by atoms with E-state index in [1.165, 1.54) is 0 Å². The number of rotatable bonds is 6. The van der Waals surface area contributed by atoms with E-state index in [0.717, 1.165) is 42.9 Å². The molecule has 1 N–H and O–H groups in total. The minimum Gasteiger partial charge on any atom is -0.340 e. The summed E-state index contributed by atoms with van der Waals surface area (Å²) in [5.41, 5.74) is 2.89. The monoisotopic (exact) mass is 328 g/mol. The summed E-state index contributed by atoms with van der Waals surface area (Å²) < 4.78 is 0. The molecule has 0 radical (unpaired) electrons. The number of hydroxylamine groups is 2. The first-order valence-corrected chi connectivity index (χ1v) is 8.44. The zero-order valence-electron chi connectivity index (χ0n) is 14.1. The molecule has 1 aliphatic heterocycles. The highest BCUT2D eigenvalue weighted by Crippen LogP contribution is 2.17. The van der Waals surface area contributed by atoms with E-state index in [1.807, 2.05) is 48.5 Å². The average molecular weight is 328 g/mol. The molecule has 0 atom stereocenters. The van der Waals surface area contributed by atoms with Crippen LogP contribution in [0.5, 0.6) is 0 Å². The number of H-pyrrole nitrogens is 1. The highest BCUT2D eigenvalue weighted by molar-refractivity contribution is 5.76. The standard InChI is InChI=1S/C18H24N4O2/c1-21(18(23)9-11-22-10-5-6-12-24-22)14-16-13-17(20-19-16)15-7-3-2-4-8-15/h2-4,7-8,13H,5-6,9-12,14H2,1H3,(H,19,20). The molecule has 0 aliphatic carbocycles. The maximum atomic E-state index is 12.3. The van der Waals surface area contributed by atoms with Crippen LogP contribution in [-0.4, -0.2) is 52.8 Å². The first-order chi connectivity index (χ1) is 11.7. The molecule has 6 nitrogen and oxygen atoms in total. The minimum absolute atomic E-state index is 0.111. The van der Waals surface area contributed by atoms with Crippen LogP contribution in [-0.2, 0) is 16.2 Å².